The zero-order chi connectivity index (χ0) is 21.0. The van der Waals surface area contributed by atoms with E-state index in [1.165, 1.54) is 11.3 Å². The first-order valence-electron chi connectivity index (χ1n) is 8.98. The van der Waals surface area contributed by atoms with E-state index >= 15 is 0 Å². The normalized spacial score (nSPS) is 10.8. The highest BCUT2D eigenvalue weighted by Gasteiger charge is 2.20. The van der Waals surface area contributed by atoms with Crippen LogP contribution in [-0.4, -0.2) is 18.0 Å². The number of carbonyl (C=O) groups is 1. The largest absolute Gasteiger partial charge is 0.497 e. The van der Waals surface area contributed by atoms with Gasteiger partial charge in [-0.05, 0) is 42.8 Å². The van der Waals surface area contributed by atoms with Gasteiger partial charge in [0.15, 0.2) is 11.6 Å². The number of ether oxygens (including phenoxy) is 2. The van der Waals surface area contributed by atoms with Crippen molar-refractivity contribution < 1.29 is 23.0 Å². The number of hydrogen-bond donors (Lipinski definition) is 1. The number of aryl methyl sites for hydroxylation is 1. The third-order valence-electron chi connectivity index (χ3n) is 4.24. The highest BCUT2D eigenvalue weighted by Crippen LogP contribution is 2.32. The van der Waals surface area contributed by atoms with Crippen LogP contribution in [0, 0.1) is 11.6 Å². The van der Waals surface area contributed by atoms with Crippen molar-refractivity contribution in [2.75, 3.05) is 7.11 Å². The lowest BCUT2D eigenvalue weighted by atomic mass is 10.1. The topological polar surface area (TPSA) is 74.4 Å². The zero-order valence-electron chi connectivity index (χ0n) is 16.0. The molecule has 0 saturated heterocycles. The number of benzene rings is 2. The first-order valence-corrected chi connectivity index (χ1v) is 9.79. The van der Waals surface area contributed by atoms with E-state index in [2.05, 4.69) is 11.9 Å². The zero-order valence-corrected chi connectivity index (χ0v) is 16.8. The molecule has 2 aromatic carbocycles. The van der Waals surface area contributed by atoms with E-state index in [-0.39, 0.29) is 12.4 Å². The molecule has 0 spiro atoms. The van der Waals surface area contributed by atoms with Crippen molar-refractivity contribution in [2.45, 2.75) is 26.4 Å². The summed E-state index contributed by atoms with van der Waals surface area (Å²) in [5, 5.41) is 0.642. The number of aromatic nitrogens is 1. The summed E-state index contributed by atoms with van der Waals surface area (Å²) in [7, 11) is 1.61. The average molecular weight is 418 g/mol. The molecule has 1 aromatic heterocycles. The molecule has 0 bridgehead atoms. The number of hydrogen-bond acceptors (Lipinski definition) is 5. The fourth-order valence-corrected chi connectivity index (χ4v) is 3.95. The van der Waals surface area contributed by atoms with E-state index in [1.54, 1.807) is 7.11 Å². The van der Waals surface area contributed by atoms with Crippen molar-refractivity contribution in [3.8, 4) is 22.8 Å². The summed E-state index contributed by atoms with van der Waals surface area (Å²) in [6, 6.07) is 9.65. The van der Waals surface area contributed by atoms with Crippen molar-refractivity contribution in [3.05, 3.63) is 63.5 Å². The van der Waals surface area contributed by atoms with Crippen molar-refractivity contribution in [2.24, 2.45) is 5.73 Å². The van der Waals surface area contributed by atoms with Crippen LogP contribution in [0.25, 0.3) is 11.3 Å². The summed E-state index contributed by atoms with van der Waals surface area (Å²) < 4.78 is 38.6. The standard InChI is InChI=1S/C21H20F2N2O3S/c1-3-4-16-20(12-5-7-13(27-2)8-6-12)25-17(29-16)11-28-15-10-9-14(22)18(19(15)23)21(24)26/h5-10H,3-4,11H2,1-2H3,(H2,24,26). The molecule has 3 rings (SSSR count). The summed E-state index contributed by atoms with van der Waals surface area (Å²) in [5.74, 6) is -2.83. The number of thiazole rings is 1. The van der Waals surface area contributed by atoms with Crippen LogP contribution >= 0.6 is 11.3 Å². The molecule has 29 heavy (non-hydrogen) atoms. The first-order chi connectivity index (χ1) is 13.9. The molecule has 0 unspecified atom stereocenters. The second kappa shape index (κ2) is 9.00. The van der Waals surface area contributed by atoms with Crippen molar-refractivity contribution in [1.29, 1.82) is 0 Å². The van der Waals surface area contributed by atoms with Crippen LogP contribution in [0.2, 0.25) is 0 Å². The maximum absolute atomic E-state index is 14.3. The number of amides is 1. The van der Waals surface area contributed by atoms with E-state index in [4.69, 9.17) is 15.2 Å². The minimum absolute atomic E-state index is 0.0156. The summed E-state index contributed by atoms with van der Waals surface area (Å²) in [6.45, 7) is 2.06. The number of methoxy groups -OCH3 is 1. The van der Waals surface area contributed by atoms with Crippen molar-refractivity contribution in [1.82, 2.24) is 4.98 Å². The molecule has 0 aliphatic heterocycles. The van der Waals surface area contributed by atoms with E-state index in [0.29, 0.717) is 5.01 Å². The lowest BCUT2D eigenvalue weighted by Crippen LogP contribution is -2.16. The summed E-state index contributed by atoms with van der Waals surface area (Å²) in [4.78, 5) is 17.0. The maximum atomic E-state index is 14.3. The number of rotatable bonds is 8. The molecule has 2 N–H and O–H groups in total. The fraction of sp³-hybridized carbons (Fsp3) is 0.238. The number of halogens is 2. The van der Waals surface area contributed by atoms with Gasteiger partial charge in [0.2, 0.25) is 0 Å². The van der Waals surface area contributed by atoms with Crippen LogP contribution in [0.15, 0.2) is 36.4 Å². The molecular formula is C21H20F2N2O3S. The fourth-order valence-electron chi connectivity index (χ4n) is 2.84. The Balaban J connectivity index is 1.85. The van der Waals surface area contributed by atoms with Crippen LogP contribution in [0.3, 0.4) is 0 Å². The Morgan fingerprint density at radius 1 is 1.17 bits per heavy atom. The van der Waals surface area contributed by atoms with Crippen LogP contribution in [0.1, 0.15) is 33.6 Å². The van der Waals surface area contributed by atoms with E-state index in [9.17, 15) is 13.6 Å². The summed E-state index contributed by atoms with van der Waals surface area (Å²) >= 11 is 1.47. The van der Waals surface area contributed by atoms with Crippen LogP contribution in [0.4, 0.5) is 8.78 Å². The third-order valence-corrected chi connectivity index (χ3v) is 5.32. The molecule has 1 heterocycles. The quantitative estimate of drug-likeness (QED) is 0.574. The number of carbonyl (C=O) groups excluding carboxylic acids is 1. The van der Waals surface area contributed by atoms with Crippen LogP contribution in [-0.2, 0) is 13.0 Å². The molecule has 152 valence electrons. The molecule has 1 amide bonds. The molecule has 0 saturated carbocycles. The predicted molar refractivity (Wildman–Crippen MR) is 107 cm³/mol. The smallest absolute Gasteiger partial charge is 0.254 e. The molecule has 5 nitrogen and oxygen atoms in total. The summed E-state index contributed by atoms with van der Waals surface area (Å²) in [6.07, 6.45) is 1.79. The lowest BCUT2D eigenvalue weighted by Gasteiger charge is -2.08. The maximum Gasteiger partial charge on any atom is 0.254 e. The second-order valence-electron chi connectivity index (χ2n) is 6.25. The predicted octanol–water partition coefficient (Wildman–Crippen LogP) is 4.73. The van der Waals surface area contributed by atoms with Gasteiger partial charge in [0.25, 0.3) is 5.91 Å². The van der Waals surface area contributed by atoms with Gasteiger partial charge in [-0.15, -0.1) is 11.3 Å². The molecule has 3 aromatic rings. The van der Waals surface area contributed by atoms with Crippen LogP contribution in [0.5, 0.6) is 11.5 Å². The highest BCUT2D eigenvalue weighted by atomic mass is 32.1. The van der Waals surface area contributed by atoms with Gasteiger partial charge < -0.3 is 15.2 Å². The number of nitrogens with zero attached hydrogens (tertiary/aromatic N) is 1. The van der Waals surface area contributed by atoms with Crippen molar-refractivity contribution >= 4 is 17.2 Å². The second-order valence-corrected chi connectivity index (χ2v) is 7.41. The Morgan fingerprint density at radius 3 is 2.52 bits per heavy atom. The monoisotopic (exact) mass is 418 g/mol. The first kappa shape index (κ1) is 20.7. The van der Waals surface area contributed by atoms with Gasteiger partial charge in [0.05, 0.1) is 12.8 Å². The molecule has 0 aliphatic carbocycles. The Labute approximate surface area is 171 Å². The van der Waals surface area contributed by atoms with Gasteiger partial charge in [-0.3, -0.25) is 4.79 Å². The number of primary amides is 1. The molecule has 8 heteroatoms. The van der Waals surface area contributed by atoms with E-state index in [1.807, 2.05) is 24.3 Å². The van der Waals surface area contributed by atoms with Gasteiger partial charge >= 0.3 is 0 Å². The van der Waals surface area contributed by atoms with Gasteiger partial charge in [-0.25, -0.2) is 13.8 Å². The minimum atomic E-state index is -1.19. The average Bonchev–Trinajstić information content (AvgIpc) is 3.10. The highest BCUT2D eigenvalue weighted by molar-refractivity contribution is 7.12. The van der Waals surface area contributed by atoms with Crippen LogP contribution < -0.4 is 15.2 Å². The van der Waals surface area contributed by atoms with Crippen molar-refractivity contribution in [3.63, 3.8) is 0 Å². The van der Waals surface area contributed by atoms with Gasteiger partial charge in [0, 0.05) is 10.4 Å². The Bertz CT molecular complexity index is 1020. The lowest BCUT2D eigenvalue weighted by molar-refractivity contribution is 0.0991. The Kier molecular flexibility index (Phi) is 6.43. The van der Waals surface area contributed by atoms with E-state index < -0.39 is 23.1 Å². The SMILES string of the molecule is CCCc1sc(COc2ccc(F)c(C(N)=O)c2F)nc1-c1ccc(OC)cc1. The molecule has 0 fully saturated rings. The van der Waals surface area contributed by atoms with E-state index in [0.717, 1.165) is 46.9 Å². The van der Waals surface area contributed by atoms with Gasteiger partial charge in [0.1, 0.15) is 28.7 Å². The number of nitrogens with two attached hydrogens (primary N) is 1. The Hall–Kier alpha value is -3.00. The molecular weight excluding hydrogens is 398 g/mol. The van der Waals surface area contributed by atoms with Gasteiger partial charge in [-0.1, -0.05) is 13.3 Å². The molecule has 0 atom stereocenters. The molecule has 0 aliphatic rings. The Morgan fingerprint density at radius 2 is 1.90 bits per heavy atom. The summed E-state index contributed by atoms with van der Waals surface area (Å²) in [5.41, 5.74) is 6.01. The minimum Gasteiger partial charge on any atom is -0.497 e. The van der Waals surface area contributed by atoms with Gasteiger partial charge in [-0.2, -0.15) is 0 Å². The third kappa shape index (κ3) is 4.54. The molecule has 0 radical (unpaired) electrons.